The summed E-state index contributed by atoms with van der Waals surface area (Å²) in [5.41, 5.74) is 19.0. The first-order valence-corrected chi connectivity index (χ1v) is 9.99. The average molecular weight is 371 g/mol. The molecule has 1 unspecified atom stereocenters. The quantitative estimate of drug-likeness (QED) is 0.477. The van der Waals surface area contributed by atoms with E-state index in [9.17, 15) is 0 Å². The average Bonchev–Trinajstić information content (AvgIpc) is 2.71. The van der Waals surface area contributed by atoms with Gasteiger partial charge in [-0.1, -0.05) is 78.9 Å². The van der Waals surface area contributed by atoms with Crippen molar-refractivity contribution in [1.82, 2.24) is 0 Å². The normalized spacial score (nSPS) is 16.7. The summed E-state index contributed by atoms with van der Waals surface area (Å²) in [7, 11) is 0. The van der Waals surface area contributed by atoms with Gasteiger partial charge in [-0.2, -0.15) is 0 Å². The van der Waals surface area contributed by atoms with Crippen LogP contribution in [0.1, 0.15) is 35.4 Å². The van der Waals surface area contributed by atoms with Gasteiger partial charge in [0.2, 0.25) is 0 Å². The molecule has 2 nitrogen and oxygen atoms in total. The summed E-state index contributed by atoms with van der Waals surface area (Å²) in [6.45, 7) is 4.48. The van der Waals surface area contributed by atoms with Gasteiger partial charge in [0.1, 0.15) is 0 Å². The second kappa shape index (κ2) is 9.91. The lowest BCUT2D eigenvalue weighted by Crippen LogP contribution is -2.03. The predicted molar refractivity (Wildman–Crippen MR) is 121 cm³/mol. The Balaban J connectivity index is 1.59. The Hall–Kier alpha value is -2.84. The maximum absolute atomic E-state index is 5.77. The van der Waals surface area contributed by atoms with E-state index in [2.05, 4.69) is 67.3 Å². The van der Waals surface area contributed by atoms with E-state index in [1.54, 1.807) is 0 Å². The van der Waals surface area contributed by atoms with Crippen molar-refractivity contribution in [2.24, 2.45) is 5.73 Å². The predicted octanol–water partition coefficient (Wildman–Crippen LogP) is 5.49. The van der Waals surface area contributed by atoms with Crippen molar-refractivity contribution in [3.8, 4) is 0 Å². The zero-order chi connectivity index (χ0) is 19.8. The topological polar surface area (TPSA) is 52.0 Å². The molecule has 0 fully saturated rings. The molecule has 144 valence electrons. The zero-order valence-electron chi connectivity index (χ0n) is 16.5. The summed E-state index contributed by atoms with van der Waals surface area (Å²) < 4.78 is 0. The Morgan fingerprint density at radius 1 is 1.04 bits per heavy atom. The van der Waals surface area contributed by atoms with Gasteiger partial charge in [0.05, 0.1) is 0 Å². The first kappa shape index (κ1) is 19.9. The Kier molecular flexibility index (Phi) is 7.05. The second-order valence-electron chi connectivity index (χ2n) is 7.42. The molecule has 1 aliphatic rings. The van der Waals surface area contributed by atoms with Crippen molar-refractivity contribution in [2.45, 2.75) is 31.6 Å². The fraction of sp³-hybridized carbons (Fsp3) is 0.231. The second-order valence-corrected chi connectivity index (χ2v) is 7.42. The van der Waals surface area contributed by atoms with Crippen LogP contribution in [0, 0.1) is 0 Å². The summed E-state index contributed by atoms with van der Waals surface area (Å²) in [5, 5.41) is 0. The third-order valence-electron chi connectivity index (χ3n) is 5.22. The van der Waals surface area contributed by atoms with Crippen molar-refractivity contribution >= 4 is 5.69 Å². The third-order valence-corrected chi connectivity index (χ3v) is 5.22. The van der Waals surface area contributed by atoms with Crippen molar-refractivity contribution in [3.05, 3.63) is 113 Å². The van der Waals surface area contributed by atoms with Gasteiger partial charge in [-0.15, -0.1) is 0 Å². The van der Waals surface area contributed by atoms with Crippen LogP contribution in [0.2, 0.25) is 0 Å². The van der Waals surface area contributed by atoms with Gasteiger partial charge in [0.25, 0.3) is 0 Å². The third kappa shape index (κ3) is 5.58. The highest BCUT2D eigenvalue weighted by molar-refractivity contribution is 5.42. The lowest BCUT2D eigenvalue weighted by Gasteiger charge is -2.17. The summed E-state index contributed by atoms with van der Waals surface area (Å²) in [4.78, 5) is 0. The van der Waals surface area contributed by atoms with Crippen LogP contribution in [0.4, 0.5) is 5.69 Å². The van der Waals surface area contributed by atoms with Gasteiger partial charge >= 0.3 is 0 Å². The lowest BCUT2D eigenvalue weighted by molar-refractivity contribution is 0.837. The van der Waals surface area contributed by atoms with Crippen molar-refractivity contribution in [1.29, 1.82) is 0 Å². The fourth-order valence-corrected chi connectivity index (χ4v) is 3.64. The molecule has 0 aliphatic heterocycles. The van der Waals surface area contributed by atoms with Crippen molar-refractivity contribution in [3.63, 3.8) is 0 Å². The molecule has 0 saturated carbocycles. The number of hydrogen-bond acceptors (Lipinski definition) is 2. The first-order valence-electron chi connectivity index (χ1n) is 9.99. The van der Waals surface area contributed by atoms with Crippen LogP contribution < -0.4 is 11.5 Å². The minimum Gasteiger partial charge on any atom is -0.399 e. The van der Waals surface area contributed by atoms with E-state index in [0.29, 0.717) is 12.5 Å². The summed E-state index contributed by atoms with van der Waals surface area (Å²) in [6, 6.07) is 17.2. The lowest BCUT2D eigenvalue weighted by atomic mass is 9.88. The molecule has 2 aromatic rings. The molecule has 0 saturated heterocycles. The number of anilines is 1. The SMILES string of the molecule is C=C/C=C(\CCN)Cc1ccc(C2C=CC(Cc3ccc(N)cc3)=CC2)cc1. The maximum atomic E-state index is 5.77. The van der Waals surface area contributed by atoms with Gasteiger partial charge in [0, 0.05) is 11.6 Å². The number of nitrogens with two attached hydrogens (primary N) is 2. The standard InChI is InChI=1S/C26H30N2/c1-2-3-20(16-17-27)18-21-4-10-24(11-5-21)25-12-6-22(7-13-25)19-23-8-14-26(28)15-9-23/h2-12,14-15,25H,1,13,16-19,27-28H2/b20-3+. The van der Waals surface area contributed by atoms with E-state index in [0.717, 1.165) is 31.4 Å². The monoisotopic (exact) mass is 370 g/mol. The molecule has 1 aliphatic carbocycles. The first-order chi connectivity index (χ1) is 13.7. The molecule has 0 bridgehead atoms. The molecule has 3 rings (SSSR count). The van der Waals surface area contributed by atoms with Gasteiger partial charge in [-0.25, -0.2) is 0 Å². The Morgan fingerprint density at radius 2 is 1.75 bits per heavy atom. The molecular weight excluding hydrogens is 340 g/mol. The van der Waals surface area contributed by atoms with Gasteiger partial charge in [0.15, 0.2) is 0 Å². The van der Waals surface area contributed by atoms with Crippen LogP contribution in [0.3, 0.4) is 0 Å². The molecule has 0 aromatic heterocycles. The number of rotatable bonds is 8. The number of allylic oxidation sites excluding steroid dienone is 6. The summed E-state index contributed by atoms with van der Waals surface area (Å²) in [6.07, 6.45) is 14.8. The van der Waals surface area contributed by atoms with Gasteiger partial charge in [-0.05, 0) is 66.6 Å². The molecule has 0 heterocycles. The molecule has 0 radical (unpaired) electrons. The summed E-state index contributed by atoms with van der Waals surface area (Å²) in [5.74, 6) is 0.455. The van der Waals surface area contributed by atoms with Crippen molar-refractivity contribution < 1.29 is 0 Å². The van der Waals surface area contributed by atoms with Crippen LogP contribution in [-0.2, 0) is 12.8 Å². The largest absolute Gasteiger partial charge is 0.399 e. The van der Waals surface area contributed by atoms with Crippen LogP contribution in [0.15, 0.2) is 96.6 Å². The van der Waals surface area contributed by atoms with E-state index in [1.165, 1.54) is 27.8 Å². The van der Waals surface area contributed by atoms with E-state index in [1.807, 2.05) is 18.2 Å². The van der Waals surface area contributed by atoms with Crippen LogP contribution in [0.5, 0.6) is 0 Å². The van der Waals surface area contributed by atoms with Gasteiger partial charge < -0.3 is 11.5 Å². The summed E-state index contributed by atoms with van der Waals surface area (Å²) >= 11 is 0. The van der Waals surface area contributed by atoms with E-state index < -0.39 is 0 Å². The molecule has 2 aromatic carbocycles. The Bertz CT molecular complexity index is 868. The molecule has 28 heavy (non-hydrogen) atoms. The van der Waals surface area contributed by atoms with Crippen molar-refractivity contribution in [2.75, 3.05) is 12.3 Å². The van der Waals surface area contributed by atoms with Crippen LogP contribution in [-0.4, -0.2) is 6.54 Å². The highest BCUT2D eigenvalue weighted by Gasteiger charge is 2.12. The Labute approximate surface area is 169 Å². The molecule has 0 spiro atoms. The molecule has 4 N–H and O–H groups in total. The molecule has 2 heteroatoms. The van der Waals surface area contributed by atoms with Crippen LogP contribution in [0.25, 0.3) is 0 Å². The minimum absolute atomic E-state index is 0.455. The van der Waals surface area contributed by atoms with Gasteiger partial charge in [-0.3, -0.25) is 0 Å². The maximum Gasteiger partial charge on any atom is 0.0314 e. The molecular formula is C26H30N2. The highest BCUT2D eigenvalue weighted by Crippen LogP contribution is 2.28. The Morgan fingerprint density at radius 3 is 2.36 bits per heavy atom. The van der Waals surface area contributed by atoms with E-state index in [4.69, 9.17) is 11.5 Å². The number of benzene rings is 2. The number of hydrogen-bond donors (Lipinski definition) is 2. The molecule has 1 atom stereocenters. The smallest absolute Gasteiger partial charge is 0.0314 e. The van der Waals surface area contributed by atoms with E-state index >= 15 is 0 Å². The molecule has 0 amide bonds. The minimum atomic E-state index is 0.455. The fourth-order valence-electron chi connectivity index (χ4n) is 3.64. The number of nitrogen functional groups attached to an aromatic ring is 1. The van der Waals surface area contributed by atoms with Crippen LogP contribution >= 0.6 is 0 Å². The highest BCUT2D eigenvalue weighted by atomic mass is 14.5. The van der Waals surface area contributed by atoms with E-state index in [-0.39, 0.29) is 0 Å². The zero-order valence-corrected chi connectivity index (χ0v) is 16.5.